The molecule has 3 rings (SSSR count). The third-order valence-corrected chi connectivity index (χ3v) is 4.59. The Balaban J connectivity index is 1.88. The van der Waals surface area contributed by atoms with Gasteiger partial charge in [-0.3, -0.25) is 0 Å². The molecule has 2 N–H and O–H groups in total. The molecule has 2 aromatic carbocycles. The van der Waals surface area contributed by atoms with Gasteiger partial charge in [0.05, 0.1) is 0 Å². The average Bonchev–Trinajstić information content (AvgIpc) is 2.80. The number of aryl methyl sites for hydroxylation is 2. The molecule has 0 saturated carbocycles. The zero-order valence-corrected chi connectivity index (χ0v) is 11.5. The normalized spacial score (nSPS) is 13.6. The van der Waals surface area contributed by atoms with Crippen LogP contribution in [0.25, 0.3) is 0 Å². The van der Waals surface area contributed by atoms with E-state index in [0.29, 0.717) is 5.02 Å². The Morgan fingerprint density at radius 1 is 1.00 bits per heavy atom. The van der Waals surface area contributed by atoms with Gasteiger partial charge >= 0.3 is 0 Å². The van der Waals surface area contributed by atoms with Crippen molar-refractivity contribution in [2.45, 2.75) is 29.1 Å². The molecule has 0 saturated heterocycles. The van der Waals surface area contributed by atoms with E-state index in [1.165, 1.54) is 35.3 Å². The zero-order valence-electron chi connectivity index (χ0n) is 9.95. The van der Waals surface area contributed by atoms with Crippen molar-refractivity contribution in [2.75, 3.05) is 5.73 Å². The molecule has 0 unspecified atom stereocenters. The molecule has 0 bridgehead atoms. The molecule has 18 heavy (non-hydrogen) atoms. The lowest BCUT2D eigenvalue weighted by molar-refractivity contribution is 0.911. The first kappa shape index (κ1) is 11.9. The number of nitrogens with two attached hydrogens (primary N) is 1. The Hall–Kier alpha value is -1.12. The molecule has 0 fully saturated rings. The summed E-state index contributed by atoms with van der Waals surface area (Å²) in [4.78, 5) is 2.32. The van der Waals surface area contributed by atoms with Crippen LogP contribution in [0.3, 0.4) is 0 Å². The van der Waals surface area contributed by atoms with Gasteiger partial charge in [-0.05, 0) is 60.7 Å². The fourth-order valence-electron chi connectivity index (χ4n) is 2.35. The van der Waals surface area contributed by atoms with E-state index in [2.05, 4.69) is 18.2 Å². The van der Waals surface area contributed by atoms with Crippen LogP contribution in [-0.2, 0) is 12.8 Å². The van der Waals surface area contributed by atoms with E-state index < -0.39 is 0 Å². The second kappa shape index (κ2) is 4.87. The smallest absolute Gasteiger partial charge is 0.0470 e. The predicted molar refractivity (Wildman–Crippen MR) is 78.5 cm³/mol. The summed E-state index contributed by atoms with van der Waals surface area (Å²) >= 11 is 7.61. The second-order valence-corrected chi connectivity index (χ2v) is 6.12. The highest BCUT2D eigenvalue weighted by Crippen LogP contribution is 2.35. The Bertz CT molecular complexity index is 595. The van der Waals surface area contributed by atoms with E-state index >= 15 is 0 Å². The third kappa shape index (κ3) is 2.36. The topological polar surface area (TPSA) is 26.0 Å². The number of nitrogen functional groups attached to an aromatic ring is 1. The Morgan fingerprint density at radius 2 is 1.83 bits per heavy atom. The van der Waals surface area contributed by atoms with Gasteiger partial charge in [0.15, 0.2) is 0 Å². The lowest BCUT2D eigenvalue weighted by Gasteiger charge is -2.07. The van der Waals surface area contributed by atoms with Gasteiger partial charge in [-0.1, -0.05) is 29.4 Å². The van der Waals surface area contributed by atoms with Crippen molar-refractivity contribution in [2.24, 2.45) is 0 Å². The van der Waals surface area contributed by atoms with Gasteiger partial charge in [-0.2, -0.15) is 0 Å². The van der Waals surface area contributed by atoms with E-state index in [1.807, 2.05) is 12.1 Å². The SMILES string of the molecule is Nc1cc(Cl)ccc1Sc1ccc2c(c1)CCC2. The van der Waals surface area contributed by atoms with Gasteiger partial charge in [0.1, 0.15) is 0 Å². The van der Waals surface area contributed by atoms with Crippen LogP contribution < -0.4 is 5.73 Å². The van der Waals surface area contributed by atoms with Crippen molar-refractivity contribution in [1.82, 2.24) is 0 Å². The number of halogens is 1. The van der Waals surface area contributed by atoms with E-state index in [-0.39, 0.29) is 0 Å². The van der Waals surface area contributed by atoms with Gasteiger partial charge in [0, 0.05) is 20.5 Å². The number of anilines is 1. The maximum Gasteiger partial charge on any atom is 0.0470 e. The fourth-order valence-corrected chi connectivity index (χ4v) is 3.44. The highest BCUT2D eigenvalue weighted by atomic mass is 35.5. The molecule has 1 nitrogen and oxygen atoms in total. The van der Waals surface area contributed by atoms with E-state index in [9.17, 15) is 0 Å². The van der Waals surface area contributed by atoms with Gasteiger partial charge in [0.25, 0.3) is 0 Å². The maximum absolute atomic E-state index is 5.98. The van der Waals surface area contributed by atoms with Gasteiger partial charge in [0.2, 0.25) is 0 Å². The molecule has 92 valence electrons. The molecule has 0 atom stereocenters. The first-order valence-electron chi connectivity index (χ1n) is 6.07. The van der Waals surface area contributed by atoms with Crippen molar-refractivity contribution in [3.8, 4) is 0 Å². The van der Waals surface area contributed by atoms with Gasteiger partial charge < -0.3 is 5.73 Å². The summed E-state index contributed by atoms with van der Waals surface area (Å²) in [7, 11) is 0. The monoisotopic (exact) mass is 275 g/mol. The molecular formula is C15H14ClNS. The van der Waals surface area contributed by atoms with Crippen molar-refractivity contribution >= 4 is 29.1 Å². The summed E-state index contributed by atoms with van der Waals surface area (Å²) in [5.74, 6) is 0. The summed E-state index contributed by atoms with van der Waals surface area (Å²) in [5.41, 5.74) is 9.72. The summed E-state index contributed by atoms with van der Waals surface area (Å²) in [6.45, 7) is 0. The molecule has 0 amide bonds. The van der Waals surface area contributed by atoms with E-state index in [1.54, 1.807) is 17.8 Å². The van der Waals surface area contributed by atoms with Gasteiger partial charge in [-0.15, -0.1) is 0 Å². The average molecular weight is 276 g/mol. The molecule has 1 aliphatic rings. The van der Waals surface area contributed by atoms with Crippen LogP contribution in [0.5, 0.6) is 0 Å². The Morgan fingerprint density at radius 3 is 2.67 bits per heavy atom. The lowest BCUT2D eigenvalue weighted by Crippen LogP contribution is -1.88. The minimum atomic E-state index is 0.686. The predicted octanol–water partition coefficient (Wildman–Crippen LogP) is 4.56. The van der Waals surface area contributed by atoms with Crippen molar-refractivity contribution in [3.63, 3.8) is 0 Å². The molecule has 0 radical (unpaired) electrons. The van der Waals surface area contributed by atoms with Crippen LogP contribution in [0.1, 0.15) is 17.5 Å². The standard InChI is InChI=1S/C15H14ClNS/c16-12-5-7-15(14(17)9-12)18-13-6-4-10-2-1-3-11(10)8-13/h4-9H,1-3,17H2. The van der Waals surface area contributed by atoms with Crippen LogP contribution in [0.4, 0.5) is 5.69 Å². The number of rotatable bonds is 2. The minimum Gasteiger partial charge on any atom is -0.398 e. The number of hydrogen-bond acceptors (Lipinski definition) is 2. The summed E-state index contributed by atoms with van der Waals surface area (Å²) < 4.78 is 0. The van der Waals surface area contributed by atoms with Crippen LogP contribution >= 0.6 is 23.4 Å². The van der Waals surface area contributed by atoms with E-state index in [4.69, 9.17) is 17.3 Å². The second-order valence-electron chi connectivity index (χ2n) is 4.57. The maximum atomic E-state index is 5.98. The quantitative estimate of drug-likeness (QED) is 0.813. The van der Waals surface area contributed by atoms with Crippen molar-refractivity contribution in [1.29, 1.82) is 0 Å². The first-order chi connectivity index (χ1) is 8.72. The van der Waals surface area contributed by atoms with Crippen LogP contribution in [0.2, 0.25) is 5.02 Å². The highest BCUT2D eigenvalue weighted by Gasteiger charge is 2.11. The van der Waals surface area contributed by atoms with Crippen molar-refractivity contribution in [3.05, 3.63) is 52.5 Å². The Kier molecular flexibility index (Phi) is 3.23. The van der Waals surface area contributed by atoms with Crippen LogP contribution in [-0.4, -0.2) is 0 Å². The molecule has 0 heterocycles. The van der Waals surface area contributed by atoms with Crippen molar-refractivity contribution < 1.29 is 0 Å². The third-order valence-electron chi connectivity index (χ3n) is 3.27. The molecule has 0 spiro atoms. The molecule has 0 aliphatic heterocycles. The molecule has 0 aromatic heterocycles. The Labute approximate surface area is 116 Å². The van der Waals surface area contributed by atoms with Gasteiger partial charge in [-0.25, -0.2) is 0 Å². The molecular weight excluding hydrogens is 262 g/mol. The van der Waals surface area contributed by atoms with E-state index in [0.717, 1.165) is 10.6 Å². The largest absolute Gasteiger partial charge is 0.398 e. The highest BCUT2D eigenvalue weighted by molar-refractivity contribution is 7.99. The fraction of sp³-hybridized carbons (Fsp3) is 0.200. The minimum absolute atomic E-state index is 0.686. The first-order valence-corrected chi connectivity index (χ1v) is 7.26. The molecule has 2 aromatic rings. The lowest BCUT2D eigenvalue weighted by atomic mass is 10.1. The number of hydrogen-bond donors (Lipinski definition) is 1. The number of fused-ring (bicyclic) bond motifs is 1. The number of benzene rings is 2. The summed E-state index contributed by atoms with van der Waals surface area (Å²) in [6.07, 6.45) is 3.72. The zero-order chi connectivity index (χ0) is 12.5. The van der Waals surface area contributed by atoms with Crippen LogP contribution in [0.15, 0.2) is 46.2 Å². The summed E-state index contributed by atoms with van der Waals surface area (Å²) in [5, 5.41) is 0.686. The summed E-state index contributed by atoms with van der Waals surface area (Å²) in [6, 6.07) is 12.4. The van der Waals surface area contributed by atoms with Crippen LogP contribution in [0, 0.1) is 0 Å². The molecule has 3 heteroatoms. The molecule has 1 aliphatic carbocycles.